The zero-order chi connectivity index (χ0) is 12.1. The molecule has 1 fully saturated rings. The molecule has 0 unspecified atom stereocenters. The summed E-state index contributed by atoms with van der Waals surface area (Å²) in [7, 11) is 0. The number of rotatable bonds is 4. The largest absolute Gasteiger partial charge is 0.352 e. The van der Waals surface area contributed by atoms with Crippen molar-refractivity contribution in [3.8, 4) is 0 Å². The van der Waals surface area contributed by atoms with Gasteiger partial charge in [0, 0.05) is 18.7 Å². The fourth-order valence-corrected chi connectivity index (χ4v) is 2.39. The van der Waals surface area contributed by atoms with Crippen molar-refractivity contribution in [3.63, 3.8) is 0 Å². The molecule has 2 rings (SSSR count). The Morgan fingerprint density at radius 2 is 2.12 bits per heavy atom. The Labute approximate surface area is 102 Å². The summed E-state index contributed by atoms with van der Waals surface area (Å²) in [4.78, 5) is 11.9. The third kappa shape index (κ3) is 3.30. The van der Waals surface area contributed by atoms with Crippen molar-refractivity contribution in [1.82, 2.24) is 5.32 Å². The van der Waals surface area contributed by atoms with Crippen molar-refractivity contribution in [2.45, 2.75) is 32.2 Å². The van der Waals surface area contributed by atoms with Gasteiger partial charge in [0.05, 0.1) is 0 Å². The average molecular weight is 232 g/mol. The van der Waals surface area contributed by atoms with Gasteiger partial charge < -0.3 is 11.1 Å². The first-order valence-corrected chi connectivity index (χ1v) is 6.37. The van der Waals surface area contributed by atoms with Gasteiger partial charge in [-0.1, -0.05) is 25.0 Å². The monoisotopic (exact) mass is 232 g/mol. The standard InChI is InChI=1S/C14H20N2O/c15-9-12-6-3-7-13(8-12)14(17)16-10-11-4-1-2-5-11/h3,6-8,11H,1-2,4-5,9-10,15H2,(H,16,17). The maximum absolute atomic E-state index is 11.9. The summed E-state index contributed by atoms with van der Waals surface area (Å²) in [5, 5.41) is 3.01. The number of nitrogens with one attached hydrogen (secondary N) is 1. The molecule has 92 valence electrons. The van der Waals surface area contributed by atoms with Crippen molar-refractivity contribution in [2.24, 2.45) is 11.7 Å². The second-order valence-corrected chi connectivity index (χ2v) is 4.77. The van der Waals surface area contributed by atoms with Gasteiger partial charge in [-0.05, 0) is 36.5 Å². The lowest BCUT2D eigenvalue weighted by Gasteiger charge is -2.11. The van der Waals surface area contributed by atoms with Crippen LogP contribution in [0.4, 0.5) is 0 Å². The van der Waals surface area contributed by atoms with E-state index in [9.17, 15) is 4.79 Å². The lowest BCUT2D eigenvalue weighted by molar-refractivity contribution is 0.0947. The molecule has 1 saturated carbocycles. The zero-order valence-corrected chi connectivity index (χ0v) is 10.1. The highest BCUT2D eigenvalue weighted by molar-refractivity contribution is 5.94. The minimum atomic E-state index is 0.0206. The van der Waals surface area contributed by atoms with Crippen LogP contribution in [-0.2, 0) is 6.54 Å². The Kier molecular flexibility index (Phi) is 4.15. The summed E-state index contributed by atoms with van der Waals surface area (Å²) in [6.45, 7) is 1.29. The van der Waals surface area contributed by atoms with Gasteiger partial charge in [0.1, 0.15) is 0 Å². The predicted octanol–water partition coefficient (Wildman–Crippen LogP) is 2.07. The molecule has 1 amide bonds. The summed E-state index contributed by atoms with van der Waals surface area (Å²) >= 11 is 0. The highest BCUT2D eigenvalue weighted by Gasteiger charge is 2.16. The van der Waals surface area contributed by atoms with E-state index in [2.05, 4.69) is 5.32 Å². The van der Waals surface area contributed by atoms with Crippen molar-refractivity contribution in [1.29, 1.82) is 0 Å². The maximum Gasteiger partial charge on any atom is 0.251 e. The Bertz CT molecular complexity index is 384. The highest BCUT2D eigenvalue weighted by Crippen LogP contribution is 2.23. The average Bonchev–Trinajstić information content (AvgIpc) is 2.89. The summed E-state index contributed by atoms with van der Waals surface area (Å²) in [6, 6.07) is 7.52. The Hall–Kier alpha value is -1.35. The predicted molar refractivity (Wildman–Crippen MR) is 68.6 cm³/mol. The molecule has 3 N–H and O–H groups in total. The molecule has 0 aromatic heterocycles. The van der Waals surface area contributed by atoms with E-state index in [0.717, 1.165) is 12.1 Å². The fraction of sp³-hybridized carbons (Fsp3) is 0.500. The molecule has 1 aliphatic carbocycles. The number of carbonyl (C=O) groups excluding carboxylic acids is 1. The van der Waals surface area contributed by atoms with Crippen LogP contribution >= 0.6 is 0 Å². The molecule has 0 atom stereocenters. The van der Waals surface area contributed by atoms with Crippen LogP contribution in [0.25, 0.3) is 0 Å². The second-order valence-electron chi connectivity index (χ2n) is 4.77. The van der Waals surface area contributed by atoms with E-state index in [1.165, 1.54) is 25.7 Å². The Morgan fingerprint density at radius 1 is 1.35 bits per heavy atom. The van der Waals surface area contributed by atoms with Crippen molar-refractivity contribution in [3.05, 3.63) is 35.4 Å². The first-order chi connectivity index (χ1) is 8.29. The number of nitrogens with two attached hydrogens (primary N) is 1. The topological polar surface area (TPSA) is 55.1 Å². The van der Waals surface area contributed by atoms with E-state index in [1.807, 2.05) is 24.3 Å². The van der Waals surface area contributed by atoms with Gasteiger partial charge in [-0.3, -0.25) is 4.79 Å². The number of carbonyl (C=O) groups is 1. The van der Waals surface area contributed by atoms with Crippen molar-refractivity contribution >= 4 is 5.91 Å². The highest BCUT2D eigenvalue weighted by atomic mass is 16.1. The van der Waals surface area contributed by atoms with Crippen LogP contribution in [0, 0.1) is 5.92 Å². The first-order valence-electron chi connectivity index (χ1n) is 6.37. The molecule has 0 bridgehead atoms. The molecular weight excluding hydrogens is 212 g/mol. The normalized spacial score (nSPS) is 16.1. The first kappa shape index (κ1) is 12.1. The molecule has 0 radical (unpaired) electrons. The summed E-state index contributed by atoms with van der Waals surface area (Å²) in [6.07, 6.45) is 5.12. The van der Waals surface area contributed by atoms with E-state index in [0.29, 0.717) is 18.0 Å². The number of hydrogen-bond donors (Lipinski definition) is 2. The number of amides is 1. The van der Waals surface area contributed by atoms with Crippen LogP contribution in [0.3, 0.4) is 0 Å². The summed E-state index contributed by atoms with van der Waals surface area (Å²) < 4.78 is 0. The van der Waals surface area contributed by atoms with E-state index < -0.39 is 0 Å². The lowest BCUT2D eigenvalue weighted by Crippen LogP contribution is -2.28. The molecule has 0 aliphatic heterocycles. The molecule has 1 aromatic rings. The number of benzene rings is 1. The van der Waals surface area contributed by atoms with Crippen LogP contribution < -0.4 is 11.1 Å². The molecule has 3 nitrogen and oxygen atoms in total. The van der Waals surface area contributed by atoms with Gasteiger partial charge in [-0.15, -0.1) is 0 Å². The van der Waals surface area contributed by atoms with Crippen LogP contribution in [0.1, 0.15) is 41.6 Å². The Morgan fingerprint density at radius 3 is 2.82 bits per heavy atom. The lowest BCUT2D eigenvalue weighted by atomic mass is 10.1. The van der Waals surface area contributed by atoms with Gasteiger partial charge in [0.2, 0.25) is 0 Å². The molecule has 3 heteroatoms. The molecule has 0 spiro atoms. The van der Waals surface area contributed by atoms with Crippen LogP contribution in [0.15, 0.2) is 24.3 Å². The molecule has 17 heavy (non-hydrogen) atoms. The van der Waals surface area contributed by atoms with Gasteiger partial charge >= 0.3 is 0 Å². The second kappa shape index (κ2) is 5.82. The minimum Gasteiger partial charge on any atom is -0.352 e. The smallest absolute Gasteiger partial charge is 0.251 e. The quantitative estimate of drug-likeness (QED) is 0.835. The molecule has 1 aromatic carbocycles. The van der Waals surface area contributed by atoms with Gasteiger partial charge in [-0.2, -0.15) is 0 Å². The van der Waals surface area contributed by atoms with Gasteiger partial charge in [0.25, 0.3) is 5.91 Å². The molecular formula is C14H20N2O. The molecule has 0 heterocycles. The zero-order valence-electron chi connectivity index (χ0n) is 10.1. The third-order valence-electron chi connectivity index (χ3n) is 3.45. The SMILES string of the molecule is NCc1cccc(C(=O)NCC2CCCC2)c1. The minimum absolute atomic E-state index is 0.0206. The Balaban J connectivity index is 1.89. The summed E-state index contributed by atoms with van der Waals surface area (Å²) in [5.74, 6) is 0.698. The van der Waals surface area contributed by atoms with E-state index in [1.54, 1.807) is 0 Å². The fourth-order valence-electron chi connectivity index (χ4n) is 2.39. The van der Waals surface area contributed by atoms with Crippen LogP contribution in [0.2, 0.25) is 0 Å². The van der Waals surface area contributed by atoms with E-state index >= 15 is 0 Å². The van der Waals surface area contributed by atoms with Crippen molar-refractivity contribution < 1.29 is 4.79 Å². The summed E-state index contributed by atoms with van der Waals surface area (Å²) in [5.41, 5.74) is 7.27. The van der Waals surface area contributed by atoms with Gasteiger partial charge in [-0.25, -0.2) is 0 Å². The van der Waals surface area contributed by atoms with E-state index in [4.69, 9.17) is 5.73 Å². The third-order valence-corrected chi connectivity index (χ3v) is 3.45. The van der Waals surface area contributed by atoms with E-state index in [-0.39, 0.29) is 5.91 Å². The maximum atomic E-state index is 11.9. The molecule has 1 aliphatic rings. The van der Waals surface area contributed by atoms with Crippen LogP contribution in [0.5, 0.6) is 0 Å². The van der Waals surface area contributed by atoms with Crippen LogP contribution in [-0.4, -0.2) is 12.5 Å². The molecule has 0 saturated heterocycles. The van der Waals surface area contributed by atoms with Gasteiger partial charge in [0.15, 0.2) is 0 Å². The van der Waals surface area contributed by atoms with Crippen molar-refractivity contribution in [2.75, 3.05) is 6.54 Å². The number of hydrogen-bond acceptors (Lipinski definition) is 2.